The van der Waals surface area contributed by atoms with Crippen LogP contribution in [0.5, 0.6) is 11.5 Å². The Balaban J connectivity index is 1.76. The van der Waals surface area contributed by atoms with Gasteiger partial charge in [0.05, 0.1) is 26.2 Å². The van der Waals surface area contributed by atoms with Crippen LogP contribution < -0.4 is 9.46 Å². The third-order valence-corrected chi connectivity index (χ3v) is 5.76. The molecule has 0 bridgehead atoms. The molecule has 0 aliphatic heterocycles. The van der Waals surface area contributed by atoms with Crippen LogP contribution in [0.15, 0.2) is 71.6 Å². The van der Waals surface area contributed by atoms with Gasteiger partial charge in [0.25, 0.3) is 10.0 Å². The first kappa shape index (κ1) is 20.0. The predicted molar refractivity (Wildman–Crippen MR) is 107 cm³/mol. The van der Waals surface area contributed by atoms with E-state index < -0.39 is 16.0 Å². The summed E-state index contributed by atoms with van der Waals surface area (Å²) >= 11 is 11.7. The lowest BCUT2D eigenvalue weighted by molar-refractivity contribution is 0.0696. The SMILES string of the molecule is O=C(O)c1cccc(Oc2ccc(S(=O)(=O)Nc3ccc(Cl)c(Cl)c3)cc2)c1. The number of nitrogens with one attached hydrogen (secondary N) is 1. The molecule has 0 saturated heterocycles. The van der Waals surface area contributed by atoms with Gasteiger partial charge in [-0.25, -0.2) is 13.2 Å². The largest absolute Gasteiger partial charge is 0.478 e. The van der Waals surface area contributed by atoms with Crippen LogP contribution in [0.1, 0.15) is 10.4 Å². The van der Waals surface area contributed by atoms with E-state index in [1.165, 1.54) is 54.6 Å². The summed E-state index contributed by atoms with van der Waals surface area (Å²) < 4.78 is 33.0. The summed E-state index contributed by atoms with van der Waals surface area (Å²) in [6.45, 7) is 0. The van der Waals surface area contributed by atoms with E-state index in [1.807, 2.05) is 0 Å². The maximum Gasteiger partial charge on any atom is 0.335 e. The number of sulfonamides is 1. The van der Waals surface area contributed by atoms with Gasteiger partial charge in [0.1, 0.15) is 11.5 Å². The molecule has 3 aromatic rings. The number of carbonyl (C=O) groups is 1. The molecule has 6 nitrogen and oxygen atoms in total. The molecular weight excluding hydrogens is 425 g/mol. The lowest BCUT2D eigenvalue weighted by atomic mass is 10.2. The number of rotatable bonds is 6. The van der Waals surface area contributed by atoms with Crippen molar-refractivity contribution in [3.8, 4) is 11.5 Å². The van der Waals surface area contributed by atoms with E-state index in [9.17, 15) is 13.2 Å². The van der Waals surface area contributed by atoms with Crippen molar-refractivity contribution in [1.82, 2.24) is 0 Å². The maximum absolute atomic E-state index is 12.5. The lowest BCUT2D eigenvalue weighted by Crippen LogP contribution is -2.12. The molecule has 144 valence electrons. The van der Waals surface area contributed by atoms with Gasteiger partial charge in [0, 0.05) is 0 Å². The minimum Gasteiger partial charge on any atom is -0.478 e. The standard InChI is InChI=1S/C19H13Cl2NO5S/c20-17-9-4-13(11-18(17)21)22-28(25,26)16-7-5-14(6-8-16)27-15-3-1-2-12(10-15)19(23)24/h1-11,22H,(H,23,24). The van der Waals surface area contributed by atoms with Crippen molar-refractivity contribution in [2.75, 3.05) is 4.72 Å². The number of halogens is 2. The van der Waals surface area contributed by atoms with E-state index in [4.69, 9.17) is 33.0 Å². The number of aromatic carboxylic acids is 1. The van der Waals surface area contributed by atoms with E-state index >= 15 is 0 Å². The minimum atomic E-state index is -3.84. The van der Waals surface area contributed by atoms with Gasteiger partial charge in [-0.05, 0) is 60.7 Å². The molecule has 0 aromatic heterocycles. The van der Waals surface area contributed by atoms with E-state index in [0.29, 0.717) is 16.5 Å². The lowest BCUT2D eigenvalue weighted by Gasteiger charge is -2.10. The van der Waals surface area contributed by atoms with Gasteiger partial charge in [0.2, 0.25) is 0 Å². The Morgan fingerprint density at radius 2 is 1.61 bits per heavy atom. The zero-order valence-electron chi connectivity index (χ0n) is 14.1. The normalized spacial score (nSPS) is 11.1. The fourth-order valence-electron chi connectivity index (χ4n) is 2.29. The second kappa shape index (κ2) is 8.10. The smallest absolute Gasteiger partial charge is 0.335 e. The Morgan fingerprint density at radius 1 is 0.893 bits per heavy atom. The molecule has 2 N–H and O–H groups in total. The van der Waals surface area contributed by atoms with Crippen molar-refractivity contribution in [2.24, 2.45) is 0 Å². The van der Waals surface area contributed by atoms with Gasteiger partial charge in [-0.1, -0.05) is 29.3 Å². The second-order valence-corrected chi connectivity index (χ2v) is 8.14. The minimum absolute atomic E-state index is 0.0187. The number of hydrogen-bond donors (Lipinski definition) is 2. The van der Waals surface area contributed by atoms with Gasteiger partial charge < -0.3 is 9.84 Å². The van der Waals surface area contributed by atoms with Gasteiger partial charge in [0.15, 0.2) is 0 Å². The summed E-state index contributed by atoms with van der Waals surface area (Å²) in [5.74, 6) is -0.388. The zero-order chi connectivity index (χ0) is 20.3. The number of anilines is 1. The molecule has 0 atom stereocenters. The van der Waals surface area contributed by atoms with Gasteiger partial charge in [-0.2, -0.15) is 0 Å². The summed E-state index contributed by atoms with van der Waals surface area (Å²) in [4.78, 5) is 11.0. The predicted octanol–water partition coefficient (Wildman–Crippen LogP) is 5.28. The number of hydrogen-bond acceptors (Lipinski definition) is 4. The Labute approximate surface area is 171 Å². The van der Waals surface area contributed by atoms with Crippen molar-refractivity contribution >= 4 is 44.9 Å². The Bertz CT molecular complexity index is 1130. The van der Waals surface area contributed by atoms with Gasteiger partial charge in [-0.15, -0.1) is 0 Å². The summed E-state index contributed by atoms with van der Waals surface area (Å²) in [6.07, 6.45) is 0. The highest BCUT2D eigenvalue weighted by Crippen LogP contribution is 2.28. The third kappa shape index (κ3) is 4.75. The monoisotopic (exact) mass is 437 g/mol. The molecule has 0 aliphatic rings. The first-order valence-electron chi connectivity index (χ1n) is 7.84. The highest BCUT2D eigenvalue weighted by Gasteiger charge is 2.15. The molecule has 0 fully saturated rings. The molecular formula is C19H13Cl2NO5S. The molecule has 0 spiro atoms. The fourth-order valence-corrected chi connectivity index (χ4v) is 3.64. The van der Waals surface area contributed by atoms with Crippen LogP contribution in [0.4, 0.5) is 5.69 Å². The Morgan fingerprint density at radius 3 is 2.25 bits per heavy atom. The first-order chi connectivity index (χ1) is 13.2. The molecule has 3 aromatic carbocycles. The van der Waals surface area contributed by atoms with Crippen LogP contribution in [-0.4, -0.2) is 19.5 Å². The number of carboxylic acid groups (broad SMARTS) is 1. The molecule has 3 rings (SSSR count). The topological polar surface area (TPSA) is 92.7 Å². The highest BCUT2D eigenvalue weighted by molar-refractivity contribution is 7.92. The fraction of sp³-hybridized carbons (Fsp3) is 0. The van der Waals surface area contributed by atoms with Gasteiger partial charge in [-0.3, -0.25) is 4.72 Å². The van der Waals surface area contributed by atoms with Crippen molar-refractivity contribution in [3.63, 3.8) is 0 Å². The van der Waals surface area contributed by atoms with E-state index in [2.05, 4.69) is 4.72 Å². The molecule has 0 saturated carbocycles. The number of carboxylic acids is 1. The Hall–Kier alpha value is -2.74. The highest BCUT2D eigenvalue weighted by atomic mass is 35.5. The molecule has 9 heteroatoms. The van der Waals surface area contributed by atoms with Crippen LogP contribution in [0, 0.1) is 0 Å². The summed E-state index contributed by atoms with van der Waals surface area (Å²) in [6, 6.07) is 16.1. The van der Waals surface area contributed by atoms with Crippen molar-refractivity contribution in [1.29, 1.82) is 0 Å². The summed E-state index contributed by atoms with van der Waals surface area (Å²) in [7, 11) is -3.84. The van der Waals surface area contributed by atoms with Crippen LogP contribution >= 0.6 is 23.2 Å². The molecule has 28 heavy (non-hydrogen) atoms. The van der Waals surface area contributed by atoms with Gasteiger partial charge >= 0.3 is 5.97 Å². The second-order valence-electron chi connectivity index (χ2n) is 5.64. The molecule has 0 heterocycles. The van der Waals surface area contributed by atoms with Crippen LogP contribution in [0.2, 0.25) is 10.0 Å². The summed E-state index contributed by atoms with van der Waals surface area (Å²) in [5, 5.41) is 9.56. The van der Waals surface area contributed by atoms with Crippen LogP contribution in [-0.2, 0) is 10.0 Å². The van der Waals surface area contributed by atoms with Crippen molar-refractivity contribution < 1.29 is 23.1 Å². The molecule has 0 unspecified atom stereocenters. The first-order valence-corrected chi connectivity index (χ1v) is 10.1. The quantitative estimate of drug-likeness (QED) is 0.546. The van der Waals surface area contributed by atoms with E-state index in [1.54, 1.807) is 12.1 Å². The average Bonchev–Trinajstić information content (AvgIpc) is 2.65. The van der Waals surface area contributed by atoms with E-state index in [-0.39, 0.29) is 21.2 Å². The molecule has 0 radical (unpaired) electrons. The average molecular weight is 438 g/mol. The number of benzene rings is 3. The van der Waals surface area contributed by atoms with Crippen LogP contribution in [0.3, 0.4) is 0 Å². The van der Waals surface area contributed by atoms with Crippen molar-refractivity contribution in [3.05, 3.63) is 82.3 Å². The molecule has 0 aliphatic carbocycles. The van der Waals surface area contributed by atoms with Crippen molar-refractivity contribution in [2.45, 2.75) is 4.90 Å². The van der Waals surface area contributed by atoms with E-state index in [0.717, 1.165) is 0 Å². The van der Waals surface area contributed by atoms with Crippen LogP contribution in [0.25, 0.3) is 0 Å². The molecule has 0 amide bonds. The Kier molecular flexibility index (Phi) is 5.79. The maximum atomic E-state index is 12.5. The zero-order valence-corrected chi connectivity index (χ0v) is 16.4. The number of ether oxygens (including phenoxy) is 1. The third-order valence-electron chi connectivity index (χ3n) is 3.62. The summed E-state index contributed by atoms with van der Waals surface area (Å²) in [5.41, 5.74) is 0.364.